The molecule has 2 nitrogen and oxygen atoms in total. The molecule has 22 heavy (non-hydrogen) atoms. The van der Waals surface area contributed by atoms with E-state index >= 15 is 0 Å². The molecule has 0 radical (unpaired) electrons. The van der Waals surface area contributed by atoms with Crippen molar-refractivity contribution in [3.05, 3.63) is 72.0 Å². The van der Waals surface area contributed by atoms with Crippen LogP contribution in [0.2, 0.25) is 4.82 Å². The number of rotatable bonds is 4. The third-order valence-corrected chi connectivity index (χ3v) is 6.22. The average molecular weight is 357 g/mol. The fourth-order valence-corrected chi connectivity index (χ4v) is 4.78. The summed E-state index contributed by atoms with van der Waals surface area (Å²) >= 11 is 0.161. The molecule has 0 spiro atoms. The van der Waals surface area contributed by atoms with Crippen LogP contribution in [0.3, 0.4) is 0 Å². The van der Waals surface area contributed by atoms with Crippen molar-refractivity contribution in [3.63, 3.8) is 0 Å². The van der Waals surface area contributed by atoms with Crippen LogP contribution < -0.4 is 9.20 Å². The molecular weight excluding hydrogens is 339 g/mol. The van der Waals surface area contributed by atoms with Gasteiger partial charge in [0, 0.05) is 0 Å². The maximum atomic E-state index is 12.6. The van der Waals surface area contributed by atoms with E-state index in [1.54, 1.807) is 0 Å². The van der Waals surface area contributed by atoms with Gasteiger partial charge >= 0.3 is 137 Å². The number of allylic oxidation sites excluding steroid dienone is 2. The van der Waals surface area contributed by atoms with Gasteiger partial charge in [0.05, 0.1) is 0 Å². The normalized spacial score (nSPS) is 18.0. The predicted octanol–water partition coefficient (Wildman–Crippen LogP) is 3.44. The summed E-state index contributed by atoms with van der Waals surface area (Å²) in [6.45, 7) is 2.02. The molecule has 3 rings (SSSR count). The first kappa shape index (κ1) is 15.1. The van der Waals surface area contributed by atoms with Gasteiger partial charge in [0.2, 0.25) is 0 Å². The van der Waals surface area contributed by atoms with E-state index in [1.807, 2.05) is 55.5 Å². The van der Waals surface area contributed by atoms with Crippen LogP contribution in [0.4, 0.5) is 0 Å². The Hall–Kier alpha value is -1.83. The summed E-state index contributed by atoms with van der Waals surface area (Å²) in [6.07, 6.45) is 3.77. The first-order chi connectivity index (χ1) is 10.7. The van der Waals surface area contributed by atoms with Gasteiger partial charge in [-0.3, -0.25) is 0 Å². The van der Waals surface area contributed by atoms with Crippen LogP contribution in [0.5, 0.6) is 5.75 Å². The molecule has 0 amide bonds. The first-order valence-corrected chi connectivity index (χ1v) is 9.27. The Morgan fingerprint density at radius 3 is 2.68 bits per heavy atom. The van der Waals surface area contributed by atoms with Crippen LogP contribution in [0, 0.1) is 6.92 Å². The standard InChI is InChI=1S/C19H18O2Se/c1-14-7-5-8-15(13-14)21-17-11-6-12-18(19(17)20)22-16-9-3-2-4-10-16/h2-5,7-11,13,18H,6,12H2,1H3. The minimum absolute atomic E-state index is 0.0831. The van der Waals surface area contributed by atoms with Crippen molar-refractivity contribution in [2.45, 2.75) is 24.6 Å². The van der Waals surface area contributed by atoms with Crippen LogP contribution in [0.1, 0.15) is 18.4 Å². The van der Waals surface area contributed by atoms with Gasteiger partial charge in [0.25, 0.3) is 0 Å². The number of hydrogen-bond acceptors (Lipinski definition) is 2. The molecule has 1 atom stereocenters. The fourth-order valence-electron chi connectivity index (χ4n) is 2.43. The molecule has 112 valence electrons. The van der Waals surface area contributed by atoms with Crippen molar-refractivity contribution in [2.75, 3.05) is 0 Å². The minimum atomic E-state index is 0.0831. The van der Waals surface area contributed by atoms with Gasteiger partial charge in [0.15, 0.2) is 0 Å². The van der Waals surface area contributed by atoms with Crippen molar-refractivity contribution < 1.29 is 9.53 Å². The summed E-state index contributed by atoms with van der Waals surface area (Å²) in [4.78, 5) is 12.7. The van der Waals surface area contributed by atoms with Gasteiger partial charge < -0.3 is 0 Å². The summed E-state index contributed by atoms with van der Waals surface area (Å²) in [5, 5.41) is 0. The van der Waals surface area contributed by atoms with E-state index in [-0.39, 0.29) is 25.6 Å². The number of ether oxygens (including phenoxy) is 1. The van der Waals surface area contributed by atoms with Crippen LogP contribution in [0.25, 0.3) is 0 Å². The molecule has 1 aliphatic carbocycles. The number of benzene rings is 2. The Bertz CT molecular complexity index is 692. The van der Waals surface area contributed by atoms with Crippen molar-refractivity contribution in [1.29, 1.82) is 0 Å². The molecule has 1 unspecified atom stereocenters. The third kappa shape index (κ3) is 3.68. The van der Waals surface area contributed by atoms with Crippen LogP contribution in [-0.2, 0) is 4.79 Å². The molecular formula is C19H18O2Se. The molecule has 0 saturated carbocycles. The number of carbonyl (C=O) groups excluding carboxylic acids is 1. The molecule has 2 aromatic carbocycles. The van der Waals surface area contributed by atoms with Crippen LogP contribution in [0.15, 0.2) is 66.4 Å². The molecule has 0 saturated heterocycles. The second-order valence-corrected chi connectivity index (χ2v) is 8.03. The zero-order valence-corrected chi connectivity index (χ0v) is 14.2. The molecule has 1 aliphatic rings. The monoisotopic (exact) mass is 358 g/mol. The Morgan fingerprint density at radius 2 is 1.91 bits per heavy atom. The van der Waals surface area contributed by atoms with Crippen LogP contribution in [-0.4, -0.2) is 20.7 Å². The number of aryl methyl sites for hydroxylation is 1. The van der Waals surface area contributed by atoms with Gasteiger partial charge in [-0.2, -0.15) is 0 Å². The van der Waals surface area contributed by atoms with E-state index in [9.17, 15) is 4.79 Å². The zero-order valence-electron chi connectivity index (χ0n) is 12.5. The Morgan fingerprint density at radius 1 is 1.09 bits per heavy atom. The van der Waals surface area contributed by atoms with E-state index in [1.165, 1.54) is 4.46 Å². The number of Topliss-reactive ketones (excluding diaryl/α,β-unsaturated/α-hetero) is 1. The van der Waals surface area contributed by atoms with E-state index in [0.717, 1.165) is 24.2 Å². The summed E-state index contributed by atoms with van der Waals surface area (Å²) in [7, 11) is 0. The van der Waals surface area contributed by atoms with Crippen molar-refractivity contribution in [3.8, 4) is 5.75 Å². The molecule has 0 bridgehead atoms. The molecule has 2 aromatic rings. The second kappa shape index (κ2) is 6.95. The van der Waals surface area contributed by atoms with Gasteiger partial charge in [-0.05, 0) is 0 Å². The van der Waals surface area contributed by atoms with Gasteiger partial charge in [-0.25, -0.2) is 0 Å². The van der Waals surface area contributed by atoms with E-state index in [2.05, 4.69) is 12.1 Å². The molecule has 0 heterocycles. The Balaban J connectivity index is 1.71. The third-order valence-electron chi connectivity index (χ3n) is 3.53. The molecule has 0 aromatic heterocycles. The molecule has 0 fully saturated rings. The summed E-state index contributed by atoms with van der Waals surface area (Å²) in [5.74, 6) is 1.41. The topological polar surface area (TPSA) is 26.3 Å². The fraction of sp³-hybridized carbons (Fsp3) is 0.211. The SMILES string of the molecule is Cc1cccc(OC2=CCCC([Se]c3ccccc3)C2=O)c1. The summed E-state index contributed by atoms with van der Waals surface area (Å²) < 4.78 is 7.11. The van der Waals surface area contributed by atoms with E-state index in [0.29, 0.717) is 5.76 Å². The van der Waals surface area contributed by atoms with Gasteiger partial charge in [-0.15, -0.1) is 0 Å². The van der Waals surface area contributed by atoms with E-state index < -0.39 is 0 Å². The Labute approximate surface area is 137 Å². The van der Waals surface area contributed by atoms with Crippen molar-refractivity contribution >= 4 is 25.2 Å². The molecule has 0 aliphatic heterocycles. The molecule has 3 heteroatoms. The van der Waals surface area contributed by atoms with Gasteiger partial charge in [-0.1, -0.05) is 0 Å². The predicted molar refractivity (Wildman–Crippen MR) is 89.7 cm³/mol. The number of ketones is 1. The molecule has 0 N–H and O–H groups in total. The maximum absolute atomic E-state index is 12.6. The summed E-state index contributed by atoms with van der Waals surface area (Å²) in [5.41, 5.74) is 1.13. The number of hydrogen-bond donors (Lipinski definition) is 0. The zero-order chi connectivity index (χ0) is 15.4. The first-order valence-electron chi connectivity index (χ1n) is 7.43. The van der Waals surface area contributed by atoms with Crippen LogP contribution >= 0.6 is 0 Å². The van der Waals surface area contributed by atoms with Crippen molar-refractivity contribution in [2.24, 2.45) is 0 Å². The average Bonchev–Trinajstić information content (AvgIpc) is 2.52. The quantitative estimate of drug-likeness (QED) is 0.784. The second-order valence-electron chi connectivity index (χ2n) is 5.35. The van der Waals surface area contributed by atoms with Gasteiger partial charge in [0.1, 0.15) is 0 Å². The summed E-state index contributed by atoms with van der Waals surface area (Å²) in [6, 6.07) is 18.1. The van der Waals surface area contributed by atoms with Crippen molar-refractivity contribution in [1.82, 2.24) is 0 Å². The Kier molecular flexibility index (Phi) is 4.77. The van der Waals surface area contributed by atoms with E-state index in [4.69, 9.17) is 4.74 Å². The number of carbonyl (C=O) groups is 1.